The van der Waals surface area contributed by atoms with Gasteiger partial charge in [-0.05, 0) is 30.8 Å². The molecule has 4 nitrogen and oxygen atoms in total. The van der Waals surface area contributed by atoms with E-state index in [0.29, 0.717) is 18.6 Å². The third-order valence-corrected chi connectivity index (χ3v) is 20.3. The summed E-state index contributed by atoms with van der Waals surface area (Å²) in [6, 6.07) is 43.5. The van der Waals surface area contributed by atoms with E-state index in [1.807, 2.05) is 0 Å². The second kappa shape index (κ2) is 12.8. The fraction of sp³-hybridized carbons (Fsp3) is 0.375. The standard InChI is InChI=1S/C40H49NO3Si2/c1-39(2,3)45(32-19-11-7-12-20-32,33-21-13-8-14-22-33)43-37-30-41-28-27-31(42)29-36(41)38(37)44-46(40(4,5)6,34-23-15-9-16-24-34)35-25-17-10-18-26-35/h7-26,36-38H,27-30H2,1-6H3/t36-,37-,38-/m0/s1. The summed E-state index contributed by atoms with van der Waals surface area (Å²) in [5.41, 5.74) is 0. The lowest BCUT2D eigenvalue weighted by atomic mass is 9.99. The van der Waals surface area contributed by atoms with E-state index in [-0.39, 0.29) is 28.3 Å². The molecule has 0 bridgehead atoms. The molecule has 2 aliphatic rings. The number of Topliss-reactive ketones (excluding diaryl/α,β-unsaturated/α-hetero) is 1. The first-order valence-corrected chi connectivity index (χ1v) is 20.6. The molecule has 0 spiro atoms. The maximum absolute atomic E-state index is 13.1. The van der Waals surface area contributed by atoms with Crippen LogP contribution in [-0.2, 0) is 13.6 Å². The molecule has 0 saturated carbocycles. The molecule has 4 aromatic carbocycles. The predicted octanol–water partition coefficient (Wildman–Crippen LogP) is 5.92. The van der Waals surface area contributed by atoms with Gasteiger partial charge < -0.3 is 8.85 Å². The number of hydrogen-bond donors (Lipinski definition) is 0. The molecule has 4 aromatic rings. The first kappa shape index (κ1) is 32.8. The molecular weight excluding hydrogens is 599 g/mol. The molecule has 2 heterocycles. The maximum Gasteiger partial charge on any atom is 0.261 e. The third-order valence-electron chi connectivity index (χ3n) is 10.2. The minimum Gasteiger partial charge on any atom is -0.400 e. The second-order valence-corrected chi connectivity index (χ2v) is 23.6. The van der Waals surface area contributed by atoms with Crippen molar-refractivity contribution in [2.45, 2.75) is 82.7 Å². The summed E-state index contributed by atoms with van der Waals surface area (Å²) < 4.78 is 15.8. The van der Waals surface area contributed by atoms with Crippen LogP contribution in [0.2, 0.25) is 10.1 Å². The van der Waals surface area contributed by atoms with Gasteiger partial charge in [-0.25, -0.2) is 0 Å². The monoisotopic (exact) mass is 647 g/mol. The fourth-order valence-electron chi connectivity index (χ4n) is 8.10. The zero-order chi connectivity index (χ0) is 32.6. The molecule has 2 aliphatic heterocycles. The number of piperidine rings is 1. The third kappa shape index (κ3) is 5.79. The molecule has 0 aromatic heterocycles. The van der Waals surface area contributed by atoms with Crippen molar-refractivity contribution in [1.82, 2.24) is 4.90 Å². The van der Waals surface area contributed by atoms with Crippen molar-refractivity contribution >= 4 is 43.2 Å². The highest BCUT2D eigenvalue weighted by molar-refractivity contribution is 7.00. The molecular formula is C40H49NO3Si2. The Labute approximate surface area is 278 Å². The fourth-order valence-corrected chi connectivity index (χ4v) is 17.5. The van der Waals surface area contributed by atoms with E-state index in [1.54, 1.807) is 0 Å². The number of rotatable bonds is 8. The van der Waals surface area contributed by atoms with Gasteiger partial charge in [0.1, 0.15) is 5.78 Å². The summed E-state index contributed by atoms with van der Waals surface area (Å²) in [7, 11) is -5.83. The Morgan fingerprint density at radius 2 is 0.957 bits per heavy atom. The molecule has 0 amide bonds. The van der Waals surface area contributed by atoms with Crippen LogP contribution in [0.25, 0.3) is 0 Å². The quantitative estimate of drug-likeness (QED) is 0.223. The average Bonchev–Trinajstić information content (AvgIpc) is 3.38. The molecule has 0 unspecified atom stereocenters. The van der Waals surface area contributed by atoms with Crippen LogP contribution in [-0.4, -0.2) is 58.7 Å². The van der Waals surface area contributed by atoms with Crippen LogP contribution in [0.3, 0.4) is 0 Å². The minimum atomic E-state index is -2.94. The Balaban J connectivity index is 1.55. The Kier molecular flexibility index (Phi) is 9.13. The van der Waals surface area contributed by atoms with Gasteiger partial charge in [0, 0.05) is 32.0 Å². The summed E-state index contributed by atoms with van der Waals surface area (Å²) in [5, 5.41) is 4.66. The molecule has 6 rings (SSSR count). The van der Waals surface area contributed by atoms with Gasteiger partial charge >= 0.3 is 0 Å². The number of hydrogen-bond acceptors (Lipinski definition) is 4. The first-order chi connectivity index (χ1) is 22.0. The van der Waals surface area contributed by atoms with Crippen LogP contribution in [0, 0.1) is 0 Å². The second-order valence-electron chi connectivity index (χ2n) is 15.1. The lowest BCUT2D eigenvalue weighted by Gasteiger charge is -2.49. The van der Waals surface area contributed by atoms with Crippen molar-refractivity contribution in [2.75, 3.05) is 13.1 Å². The Bertz CT molecular complexity index is 1520. The summed E-state index contributed by atoms with van der Waals surface area (Å²) in [4.78, 5) is 15.6. The highest BCUT2D eigenvalue weighted by Crippen LogP contribution is 2.44. The topological polar surface area (TPSA) is 38.8 Å². The van der Waals surface area contributed by atoms with Crippen LogP contribution < -0.4 is 20.7 Å². The Morgan fingerprint density at radius 1 is 0.587 bits per heavy atom. The van der Waals surface area contributed by atoms with Crippen LogP contribution >= 0.6 is 0 Å². The van der Waals surface area contributed by atoms with E-state index in [9.17, 15) is 4.79 Å². The van der Waals surface area contributed by atoms with Gasteiger partial charge in [0.25, 0.3) is 16.6 Å². The van der Waals surface area contributed by atoms with Crippen molar-refractivity contribution in [3.63, 3.8) is 0 Å². The number of nitrogens with zero attached hydrogens (tertiary/aromatic N) is 1. The van der Waals surface area contributed by atoms with Gasteiger partial charge in [-0.15, -0.1) is 0 Å². The molecule has 0 N–H and O–H groups in total. The molecule has 0 aliphatic carbocycles. The molecule has 6 heteroatoms. The molecule has 0 radical (unpaired) electrons. The number of fused-ring (bicyclic) bond motifs is 1. The summed E-state index contributed by atoms with van der Waals surface area (Å²) in [6.45, 7) is 15.5. The van der Waals surface area contributed by atoms with Crippen LogP contribution in [0.4, 0.5) is 0 Å². The van der Waals surface area contributed by atoms with Gasteiger partial charge in [-0.1, -0.05) is 163 Å². The van der Waals surface area contributed by atoms with Crippen molar-refractivity contribution in [2.24, 2.45) is 0 Å². The van der Waals surface area contributed by atoms with E-state index in [2.05, 4.69) is 168 Å². The minimum absolute atomic E-state index is 0.0221. The summed E-state index contributed by atoms with van der Waals surface area (Å²) in [5.74, 6) is 0.323. The van der Waals surface area contributed by atoms with Crippen molar-refractivity contribution < 1.29 is 13.6 Å². The SMILES string of the molecule is CC(C)(C)[Si](O[C@@H]1[C@@H](O[Si](c2ccccc2)(c2ccccc2)C(C)(C)C)CN2CCC(=O)C[C@@H]12)(c1ccccc1)c1ccccc1. The van der Waals surface area contributed by atoms with Crippen LogP contribution in [0.15, 0.2) is 121 Å². The first-order valence-electron chi connectivity index (χ1n) is 16.8. The number of carbonyl (C=O) groups is 1. The number of carbonyl (C=O) groups excluding carboxylic acids is 1. The van der Waals surface area contributed by atoms with E-state index in [1.165, 1.54) is 20.7 Å². The number of ketones is 1. The van der Waals surface area contributed by atoms with E-state index < -0.39 is 16.6 Å². The van der Waals surface area contributed by atoms with Crippen molar-refractivity contribution in [1.29, 1.82) is 0 Å². The van der Waals surface area contributed by atoms with Gasteiger partial charge in [0.2, 0.25) is 0 Å². The lowest BCUT2D eigenvalue weighted by molar-refractivity contribution is -0.123. The van der Waals surface area contributed by atoms with Crippen molar-refractivity contribution in [3.05, 3.63) is 121 Å². The lowest BCUT2D eigenvalue weighted by Crippen LogP contribution is -2.71. The van der Waals surface area contributed by atoms with Gasteiger partial charge in [-0.3, -0.25) is 9.69 Å². The zero-order valence-electron chi connectivity index (χ0n) is 28.3. The smallest absolute Gasteiger partial charge is 0.261 e. The van der Waals surface area contributed by atoms with Gasteiger partial charge in [-0.2, -0.15) is 0 Å². The average molecular weight is 648 g/mol. The van der Waals surface area contributed by atoms with E-state index >= 15 is 0 Å². The van der Waals surface area contributed by atoms with Crippen LogP contribution in [0.5, 0.6) is 0 Å². The maximum atomic E-state index is 13.1. The molecule has 2 fully saturated rings. The zero-order valence-corrected chi connectivity index (χ0v) is 30.3. The molecule has 2 saturated heterocycles. The summed E-state index contributed by atoms with van der Waals surface area (Å²) >= 11 is 0. The Morgan fingerprint density at radius 3 is 1.33 bits per heavy atom. The summed E-state index contributed by atoms with van der Waals surface area (Å²) in [6.07, 6.45) is 0.624. The van der Waals surface area contributed by atoms with Gasteiger partial charge in [0.05, 0.1) is 12.2 Å². The molecule has 3 atom stereocenters. The number of benzene rings is 4. The van der Waals surface area contributed by atoms with Crippen molar-refractivity contribution in [3.8, 4) is 0 Å². The molecule has 46 heavy (non-hydrogen) atoms. The van der Waals surface area contributed by atoms with E-state index in [4.69, 9.17) is 8.85 Å². The molecule has 240 valence electrons. The largest absolute Gasteiger partial charge is 0.400 e. The van der Waals surface area contributed by atoms with E-state index in [0.717, 1.165) is 13.1 Å². The highest BCUT2D eigenvalue weighted by atomic mass is 28.4. The highest BCUT2D eigenvalue weighted by Gasteiger charge is 2.59. The normalized spacial score (nSPS) is 21.3. The van der Waals surface area contributed by atoms with Gasteiger partial charge in [0.15, 0.2) is 0 Å². The van der Waals surface area contributed by atoms with Crippen LogP contribution in [0.1, 0.15) is 54.4 Å². The predicted molar refractivity (Wildman–Crippen MR) is 195 cm³/mol. The Hall–Kier alpha value is -3.14.